The predicted molar refractivity (Wildman–Crippen MR) is 158 cm³/mol. The maximum absolute atomic E-state index is 14.0. The number of sulfonamides is 1. The number of nitrogens with one attached hydrogen (secondary N) is 1. The minimum atomic E-state index is -4.24. The zero-order chi connectivity index (χ0) is 29.3. The minimum Gasteiger partial charge on any atom is -0.495 e. The first-order valence-corrected chi connectivity index (χ1v) is 14.9. The van der Waals surface area contributed by atoms with Gasteiger partial charge in [0.25, 0.3) is 10.0 Å². The molecule has 0 aromatic heterocycles. The number of unbranched alkanes of at least 4 members (excludes halogenated alkanes) is 1. The predicted octanol–water partition coefficient (Wildman–Crippen LogP) is 5.19. The number of rotatable bonds is 13. The van der Waals surface area contributed by atoms with E-state index >= 15 is 0 Å². The quantitative estimate of drug-likeness (QED) is 0.279. The van der Waals surface area contributed by atoms with Gasteiger partial charge in [-0.25, -0.2) is 8.42 Å². The highest BCUT2D eigenvalue weighted by Crippen LogP contribution is 2.35. The molecule has 10 heteroatoms. The van der Waals surface area contributed by atoms with Crippen LogP contribution >= 0.6 is 11.6 Å². The molecule has 0 aliphatic heterocycles. The highest BCUT2D eigenvalue weighted by molar-refractivity contribution is 7.92. The van der Waals surface area contributed by atoms with Crippen molar-refractivity contribution in [2.75, 3.05) is 24.5 Å². The number of halogens is 1. The van der Waals surface area contributed by atoms with Gasteiger partial charge in [-0.05, 0) is 56.2 Å². The molecule has 3 aromatic rings. The summed E-state index contributed by atoms with van der Waals surface area (Å²) in [4.78, 5) is 28.4. The second-order valence-corrected chi connectivity index (χ2v) is 11.8. The summed E-state index contributed by atoms with van der Waals surface area (Å²) in [6.45, 7) is 5.54. The van der Waals surface area contributed by atoms with E-state index in [1.54, 1.807) is 31.2 Å². The molecule has 8 nitrogen and oxygen atoms in total. The molecule has 2 amide bonds. The van der Waals surface area contributed by atoms with Crippen molar-refractivity contribution >= 4 is 39.1 Å². The lowest BCUT2D eigenvalue weighted by molar-refractivity contribution is -0.139. The van der Waals surface area contributed by atoms with Gasteiger partial charge in [-0.2, -0.15) is 0 Å². The number of nitrogens with zero attached hydrogens (tertiary/aromatic N) is 2. The maximum atomic E-state index is 14.0. The van der Waals surface area contributed by atoms with Crippen molar-refractivity contribution in [1.82, 2.24) is 10.2 Å². The second kappa shape index (κ2) is 14.2. The first-order chi connectivity index (χ1) is 19.1. The summed E-state index contributed by atoms with van der Waals surface area (Å²) in [5.41, 5.74) is 1.81. The zero-order valence-electron chi connectivity index (χ0n) is 23.3. The molecule has 0 bridgehead atoms. The van der Waals surface area contributed by atoms with Crippen molar-refractivity contribution in [2.24, 2.45) is 0 Å². The van der Waals surface area contributed by atoms with Crippen LogP contribution in [0.25, 0.3) is 0 Å². The normalized spacial score (nSPS) is 11.9. The molecule has 40 heavy (non-hydrogen) atoms. The fourth-order valence-electron chi connectivity index (χ4n) is 4.11. The SMILES string of the molecule is CCCCNC(=O)C(C)N(Cc1ccccc1)C(=O)CN(c1cc(Cl)ccc1OC)S(=O)(=O)c1ccc(C)cc1. The van der Waals surface area contributed by atoms with Crippen LogP contribution in [0.3, 0.4) is 0 Å². The Kier molecular flexibility index (Phi) is 11.0. The van der Waals surface area contributed by atoms with Crippen LogP contribution in [-0.4, -0.2) is 51.4 Å². The molecular weight excluding hydrogens is 550 g/mol. The van der Waals surface area contributed by atoms with Crippen LogP contribution in [0, 0.1) is 6.92 Å². The van der Waals surface area contributed by atoms with Gasteiger partial charge < -0.3 is 15.0 Å². The lowest BCUT2D eigenvalue weighted by Gasteiger charge is -2.32. The van der Waals surface area contributed by atoms with Gasteiger partial charge in [0.1, 0.15) is 18.3 Å². The highest BCUT2D eigenvalue weighted by atomic mass is 35.5. The topological polar surface area (TPSA) is 96.0 Å². The molecule has 0 aliphatic carbocycles. The summed E-state index contributed by atoms with van der Waals surface area (Å²) in [6, 6.07) is 19.3. The van der Waals surface area contributed by atoms with Gasteiger partial charge in [0, 0.05) is 18.1 Å². The number of amides is 2. The van der Waals surface area contributed by atoms with Crippen LogP contribution in [0.2, 0.25) is 5.02 Å². The molecule has 0 saturated carbocycles. The molecule has 0 saturated heterocycles. The number of carbonyl (C=O) groups is 2. The van der Waals surface area contributed by atoms with E-state index in [0.717, 1.165) is 28.3 Å². The number of methoxy groups -OCH3 is 1. The van der Waals surface area contributed by atoms with Gasteiger partial charge >= 0.3 is 0 Å². The van der Waals surface area contributed by atoms with Crippen molar-refractivity contribution in [1.29, 1.82) is 0 Å². The molecule has 3 aromatic carbocycles. The highest BCUT2D eigenvalue weighted by Gasteiger charge is 2.34. The Morgan fingerprint density at radius 2 is 1.70 bits per heavy atom. The van der Waals surface area contributed by atoms with E-state index in [0.29, 0.717) is 6.54 Å². The van der Waals surface area contributed by atoms with E-state index in [1.807, 2.05) is 44.2 Å². The second-order valence-electron chi connectivity index (χ2n) is 9.47. The summed E-state index contributed by atoms with van der Waals surface area (Å²) in [6.07, 6.45) is 1.72. The molecule has 0 radical (unpaired) electrons. The smallest absolute Gasteiger partial charge is 0.264 e. The maximum Gasteiger partial charge on any atom is 0.264 e. The summed E-state index contributed by atoms with van der Waals surface area (Å²) >= 11 is 6.27. The zero-order valence-corrected chi connectivity index (χ0v) is 24.8. The summed E-state index contributed by atoms with van der Waals surface area (Å²) in [5.74, 6) is -0.640. The van der Waals surface area contributed by atoms with Crippen LogP contribution in [-0.2, 0) is 26.2 Å². The first-order valence-electron chi connectivity index (χ1n) is 13.1. The third-order valence-electron chi connectivity index (χ3n) is 6.49. The van der Waals surface area contributed by atoms with Gasteiger partial charge in [-0.15, -0.1) is 0 Å². The van der Waals surface area contributed by atoms with E-state index in [2.05, 4.69) is 5.32 Å². The van der Waals surface area contributed by atoms with Crippen molar-refractivity contribution in [2.45, 2.75) is 51.1 Å². The fourth-order valence-corrected chi connectivity index (χ4v) is 5.69. The Labute approximate surface area is 241 Å². The average molecular weight is 586 g/mol. The lowest BCUT2D eigenvalue weighted by Crippen LogP contribution is -2.51. The third-order valence-corrected chi connectivity index (χ3v) is 8.50. The van der Waals surface area contributed by atoms with Crippen molar-refractivity contribution < 1.29 is 22.7 Å². The van der Waals surface area contributed by atoms with E-state index in [1.165, 1.54) is 30.2 Å². The van der Waals surface area contributed by atoms with E-state index in [9.17, 15) is 18.0 Å². The van der Waals surface area contributed by atoms with Gasteiger partial charge in [0.05, 0.1) is 17.7 Å². The number of ether oxygens (including phenoxy) is 1. The van der Waals surface area contributed by atoms with E-state index in [4.69, 9.17) is 16.3 Å². The van der Waals surface area contributed by atoms with Crippen LogP contribution < -0.4 is 14.4 Å². The number of aryl methyl sites for hydroxylation is 1. The Hall–Kier alpha value is -3.56. The summed E-state index contributed by atoms with van der Waals surface area (Å²) < 4.78 is 34.4. The molecule has 0 heterocycles. The third kappa shape index (κ3) is 7.76. The van der Waals surface area contributed by atoms with E-state index in [-0.39, 0.29) is 33.8 Å². The number of carbonyl (C=O) groups excluding carboxylic acids is 2. The molecule has 1 unspecified atom stereocenters. The Bertz CT molecular complexity index is 1400. The van der Waals surface area contributed by atoms with Crippen LogP contribution in [0.5, 0.6) is 5.75 Å². The molecule has 1 atom stereocenters. The molecule has 0 aliphatic rings. The van der Waals surface area contributed by atoms with E-state index < -0.39 is 28.5 Å². The number of hydrogen-bond acceptors (Lipinski definition) is 5. The largest absolute Gasteiger partial charge is 0.495 e. The monoisotopic (exact) mass is 585 g/mol. The Morgan fingerprint density at radius 1 is 1.02 bits per heavy atom. The molecule has 1 N–H and O–H groups in total. The molecule has 0 spiro atoms. The molecular formula is C30H36ClN3O5S. The van der Waals surface area contributed by atoms with Gasteiger partial charge in [0.15, 0.2) is 0 Å². The first kappa shape index (κ1) is 31.0. The Balaban J connectivity index is 2.06. The minimum absolute atomic E-state index is 0.00731. The summed E-state index contributed by atoms with van der Waals surface area (Å²) in [5, 5.41) is 3.15. The standard InChI is InChI=1S/C30H36ClN3O5S/c1-5-6-18-32-30(36)23(3)33(20-24-10-8-7-9-11-24)29(35)21-34(27-19-25(31)14-17-28(27)39-4)40(37,38)26-15-12-22(2)13-16-26/h7-17,19,23H,5-6,18,20-21H2,1-4H3,(H,32,36). The van der Waals surface area contributed by atoms with Gasteiger partial charge in [-0.1, -0.05) is 73.0 Å². The van der Waals surface area contributed by atoms with Crippen molar-refractivity contribution in [3.05, 3.63) is 88.9 Å². The molecule has 214 valence electrons. The Morgan fingerprint density at radius 3 is 2.33 bits per heavy atom. The molecule has 0 fully saturated rings. The van der Waals surface area contributed by atoms with Crippen molar-refractivity contribution in [3.63, 3.8) is 0 Å². The number of benzene rings is 3. The van der Waals surface area contributed by atoms with Gasteiger partial charge in [-0.3, -0.25) is 13.9 Å². The van der Waals surface area contributed by atoms with Crippen molar-refractivity contribution in [3.8, 4) is 5.75 Å². The lowest BCUT2D eigenvalue weighted by atomic mass is 10.1. The molecule has 3 rings (SSSR count). The van der Waals surface area contributed by atoms with Crippen LogP contribution in [0.15, 0.2) is 77.7 Å². The van der Waals surface area contributed by atoms with Crippen LogP contribution in [0.4, 0.5) is 5.69 Å². The summed E-state index contributed by atoms with van der Waals surface area (Å²) in [7, 11) is -2.83. The number of anilines is 1. The number of hydrogen-bond donors (Lipinski definition) is 1. The fraction of sp³-hybridized carbons (Fsp3) is 0.333. The van der Waals surface area contributed by atoms with Crippen LogP contribution in [0.1, 0.15) is 37.8 Å². The average Bonchev–Trinajstić information content (AvgIpc) is 2.95. The van der Waals surface area contributed by atoms with Gasteiger partial charge in [0.2, 0.25) is 11.8 Å².